The molecule has 3 aromatic rings. The van der Waals surface area contributed by atoms with E-state index in [2.05, 4.69) is 47.6 Å². The summed E-state index contributed by atoms with van der Waals surface area (Å²) in [6, 6.07) is 14.8. The molecule has 0 saturated heterocycles. The van der Waals surface area contributed by atoms with Crippen LogP contribution in [0.5, 0.6) is 0 Å². The Labute approximate surface area is 333 Å². The van der Waals surface area contributed by atoms with Crippen molar-refractivity contribution in [3.63, 3.8) is 0 Å². The Bertz CT molecular complexity index is 1980. The molecule has 3 fully saturated rings. The van der Waals surface area contributed by atoms with E-state index in [4.69, 9.17) is 9.72 Å². The Morgan fingerprint density at radius 2 is 1.76 bits per heavy atom. The molecule has 0 spiro atoms. The van der Waals surface area contributed by atoms with Gasteiger partial charge in [0.1, 0.15) is 6.10 Å². The first-order valence-electron chi connectivity index (χ1n) is 21.5. The number of allylic oxidation sites excluding steroid dienone is 1. The number of fused-ring (bicyclic) bond motifs is 6. The Morgan fingerprint density at radius 1 is 0.964 bits per heavy atom. The lowest BCUT2D eigenvalue weighted by Gasteiger charge is -2.58. The van der Waals surface area contributed by atoms with E-state index in [1.54, 1.807) is 12.1 Å². The van der Waals surface area contributed by atoms with E-state index >= 15 is 0 Å². The van der Waals surface area contributed by atoms with Crippen molar-refractivity contribution in [2.45, 2.75) is 143 Å². The van der Waals surface area contributed by atoms with Gasteiger partial charge in [0.2, 0.25) is 0 Å². The number of thioether (sulfide) groups is 1. The van der Waals surface area contributed by atoms with Crippen LogP contribution in [0.15, 0.2) is 70.1 Å². The fourth-order valence-corrected chi connectivity index (χ4v) is 13.0. The predicted octanol–water partition coefficient (Wildman–Crippen LogP) is 11.7. The van der Waals surface area contributed by atoms with Crippen LogP contribution in [0, 0.1) is 59.2 Å². The number of carbonyl (C=O) groups excluding carboxylic acids is 2. The van der Waals surface area contributed by atoms with Crippen molar-refractivity contribution >= 4 is 33.7 Å². The van der Waals surface area contributed by atoms with Gasteiger partial charge in [0.15, 0.2) is 10.3 Å². The van der Waals surface area contributed by atoms with Gasteiger partial charge in [-0.3, -0.25) is 19.0 Å². The molecule has 1 heterocycles. The van der Waals surface area contributed by atoms with Crippen LogP contribution >= 0.6 is 11.8 Å². The quantitative estimate of drug-likeness (QED) is 0.0791. The average molecular weight is 765 g/mol. The third kappa shape index (κ3) is 7.90. The SMILES string of the molecule is CC[C@H](CC[C@@H](C)[C@H]1CC[C@H]2[C@@H]3CC=C4C[C@@H](OC(=O)CCC(=O)Sc5nc6ccccc6c(=O)n5-c5cccc(C)c5)CC[C@]4(C)[C@H]3CC[C@]12C)C(C)C. The molecular weight excluding hydrogens is 701 g/mol. The monoisotopic (exact) mass is 764 g/mol. The molecule has 4 aliphatic rings. The maximum Gasteiger partial charge on any atom is 0.306 e. The summed E-state index contributed by atoms with van der Waals surface area (Å²) in [5.74, 6) is 5.28. The molecule has 0 bridgehead atoms. The van der Waals surface area contributed by atoms with E-state index < -0.39 is 0 Å². The number of hydrogen-bond donors (Lipinski definition) is 0. The van der Waals surface area contributed by atoms with Gasteiger partial charge in [0, 0.05) is 12.8 Å². The van der Waals surface area contributed by atoms with Crippen molar-refractivity contribution in [2.75, 3.05) is 0 Å². The molecule has 55 heavy (non-hydrogen) atoms. The van der Waals surface area contributed by atoms with Crippen LogP contribution in [0.4, 0.5) is 0 Å². The largest absolute Gasteiger partial charge is 0.462 e. The maximum atomic E-state index is 13.6. The minimum absolute atomic E-state index is 0.0159. The Hall–Kier alpha value is -3.19. The highest BCUT2D eigenvalue weighted by Gasteiger charge is 2.59. The van der Waals surface area contributed by atoms with Gasteiger partial charge >= 0.3 is 5.97 Å². The van der Waals surface area contributed by atoms with Gasteiger partial charge in [0.05, 0.1) is 23.0 Å². The van der Waals surface area contributed by atoms with Gasteiger partial charge in [-0.25, -0.2) is 4.98 Å². The van der Waals surface area contributed by atoms with E-state index in [-0.39, 0.29) is 41.0 Å². The number of hydrogen-bond acceptors (Lipinski definition) is 6. The number of carbonyl (C=O) groups is 2. The molecule has 0 N–H and O–H groups in total. The average Bonchev–Trinajstić information content (AvgIpc) is 3.51. The van der Waals surface area contributed by atoms with E-state index in [0.717, 1.165) is 78.0 Å². The van der Waals surface area contributed by atoms with Crippen LogP contribution in [0.25, 0.3) is 16.6 Å². The van der Waals surface area contributed by atoms with Gasteiger partial charge in [-0.15, -0.1) is 0 Å². The van der Waals surface area contributed by atoms with Crippen molar-refractivity contribution in [3.8, 4) is 5.69 Å². The summed E-state index contributed by atoms with van der Waals surface area (Å²) < 4.78 is 7.59. The molecule has 7 heteroatoms. The fourth-order valence-electron chi connectivity index (χ4n) is 12.2. The topological polar surface area (TPSA) is 78.3 Å². The minimum atomic E-state index is -0.322. The number of aryl methyl sites for hydroxylation is 1. The second kappa shape index (κ2) is 16.3. The summed E-state index contributed by atoms with van der Waals surface area (Å²) in [6.45, 7) is 16.9. The lowest BCUT2D eigenvalue weighted by atomic mass is 9.47. The third-order valence-electron chi connectivity index (χ3n) is 15.3. The van der Waals surface area contributed by atoms with E-state index in [1.807, 2.05) is 43.3 Å². The summed E-state index contributed by atoms with van der Waals surface area (Å²) in [5.41, 5.74) is 4.14. The summed E-state index contributed by atoms with van der Waals surface area (Å²) in [7, 11) is 0. The van der Waals surface area contributed by atoms with Crippen molar-refractivity contribution in [3.05, 3.63) is 76.1 Å². The standard InChI is InChI=1S/C48H64N2O4S/c1-8-33(30(2)3)17-16-32(5)39-20-21-40-37-19-18-34-29-36(24-26-47(34,6)41(37)25-27-48(39,40)7)54-43(51)22-23-44(52)55-46-49-42-15-10-9-14-38(42)45(53)50(46)35-13-11-12-31(4)28-35/h9-15,18,28,30,32-33,36-37,39-41H,8,16-17,19-27,29H2,1-7H3/t32-,33-,36+,37+,39-,40+,41+,47+,48-/m1/s1. The summed E-state index contributed by atoms with van der Waals surface area (Å²) in [5, 5.41) is 0.582. The number of benzene rings is 2. The van der Waals surface area contributed by atoms with E-state index in [0.29, 0.717) is 27.2 Å². The first-order chi connectivity index (χ1) is 26.3. The molecule has 9 atom stereocenters. The number of esters is 1. The van der Waals surface area contributed by atoms with E-state index in [1.165, 1.54) is 61.5 Å². The van der Waals surface area contributed by atoms with Crippen LogP contribution < -0.4 is 5.56 Å². The smallest absolute Gasteiger partial charge is 0.306 e. The first kappa shape index (κ1) is 40.0. The molecule has 0 radical (unpaired) electrons. The van der Waals surface area contributed by atoms with Crippen molar-refractivity contribution in [2.24, 2.45) is 52.3 Å². The molecule has 0 amide bonds. The molecular formula is C48H64N2O4S. The maximum absolute atomic E-state index is 13.6. The number of nitrogens with zero attached hydrogens (tertiary/aromatic N) is 2. The predicted molar refractivity (Wildman–Crippen MR) is 224 cm³/mol. The second-order valence-electron chi connectivity index (χ2n) is 18.7. The lowest BCUT2D eigenvalue weighted by molar-refractivity contribution is -0.152. The Kier molecular flexibility index (Phi) is 11.9. The zero-order valence-corrected chi connectivity index (χ0v) is 35.3. The Morgan fingerprint density at radius 3 is 2.53 bits per heavy atom. The highest BCUT2D eigenvalue weighted by Crippen LogP contribution is 2.67. The molecule has 296 valence electrons. The molecule has 6 nitrogen and oxygen atoms in total. The second-order valence-corrected chi connectivity index (χ2v) is 19.7. The lowest BCUT2D eigenvalue weighted by Crippen LogP contribution is -2.51. The zero-order chi connectivity index (χ0) is 39.1. The molecule has 3 saturated carbocycles. The summed E-state index contributed by atoms with van der Waals surface area (Å²) in [6.07, 6.45) is 15.9. The summed E-state index contributed by atoms with van der Waals surface area (Å²) in [4.78, 5) is 44.8. The number of rotatable bonds is 12. The molecule has 7 rings (SSSR count). The number of aromatic nitrogens is 2. The minimum Gasteiger partial charge on any atom is -0.462 e. The Balaban J connectivity index is 0.952. The first-order valence-corrected chi connectivity index (χ1v) is 22.3. The van der Waals surface area contributed by atoms with Gasteiger partial charge in [-0.1, -0.05) is 90.3 Å². The zero-order valence-electron chi connectivity index (χ0n) is 34.4. The molecule has 4 aliphatic carbocycles. The van der Waals surface area contributed by atoms with E-state index in [9.17, 15) is 14.4 Å². The van der Waals surface area contributed by atoms with Crippen LogP contribution in [0.3, 0.4) is 0 Å². The van der Waals surface area contributed by atoms with Crippen LogP contribution in [-0.4, -0.2) is 26.7 Å². The van der Waals surface area contributed by atoms with Crippen molar-refractivity contribution in [1.82, 2.24) is 9.55 Å². The third-order valence-corrected chi connectivity index (χ3v) is 16.2. The van der Waals surface area contributed by atoms with Crippen molar-refractivity contribution < 1.29 is 14.3 Å². The van der Waals surface area contributed by atoms with Crippen LogP contribution in [0.1, 0.15) is 131 Å². The molecule has 2 aromatic carbocycles. The normalized spacial score (nSPS) is 29.9. The van der Waals surface area contributed by atoms with Crippen LogP contribution in [-0.2, 0) is 14.3 Å². The summed E-state index contributed by atoms with van der Waals surface area (Å²) >= 11 is 0.922. The van der Waals surface area contributed by atoms with Gasteiger partial charge in [-0.2, -0.15) is 0 Å². The number of ether oxygens (including phenoxy) is 1. The molecule has 0 aliphatic heterocycles. The molecule has 0 unspecified atom stereocenters. The van der Waals surface area contributed by atoms with Gasteiger partial charge < -0.3 is 4.74 Å². The van der Waals surface area contributed by atoms with Gasteiger partial charge in [0.25, 0.3) is 5.56 Å². The fraction of sp³-hybridized carbons (Fsp3) is 0.625. The molecule has 1 aromatic heterocycles. The van der Waals surface area contributed by atoms with Crippen molar-refractivity contribution in [1.29, 1.82) is 0 Å². The number of para-hydroxylation sites is 1. The highest BCUT2D eigenvalue weighted by atomic mass is 32.2. The highest BCUT2D eigenvalue weighted by molar-refractivity contribution is 8.13. The van der Waals surface area contributed by atoms with Crippen LogP contribution in [0.2, 0.25) is 0 Å². The van der Waals surface area contributed by atoms with Gasteiger partial charge in [-0.05, 0) is 152 Å².